The highest BCUT2D eigenvalue weighted by Crippen LogP contribution is 2.10. The van der Waals surface area contributed by atoms with Gasteiger partial charge in [-0.05, 0) is 25.9 Å². The molecule has 1 aromatic rings. The van der Waals surface area contributed by atoms with Gasteiger partial charge in [0.1, 0.15) is 0 Å². The molecule has 0 fully saturated rings. The number of hydrogen-bond acceptors (Lipinski definition) is 4. The van der Waals surface area contributed by atoms with Crippen LogP contribution in [0.4, 0.5) is 0 Å². The minimum atomic E-state index is -0.311. The molecule has 1 heterocycles. The van der Waals surface area contributed by atoms with Crippen molar-refractivity contribution >= 4 is 0 Å². The van der Waals surface area contributed by atoms with Crippen LogP contribution in [0.3, 0.4) is 0 Å². The topological polar surface area (TPSA) is 54.7 Å². The number of ether oxygens (including phenoxy) is 1. The molecule has 0 aliphatic heterocycles. The molecule has 5 nitrogen and oxygen atoms in total. The predicted octanol–water partition coefficient (Wildman–Crippen LogP) is 2.60. The van der Waals surface area contributed by atoms with Crippen molar-refractivity contribution in [3.8, 4) is 5.75 Å². The highest BCUT2D eigenvalue weighted by molar-refractivity contribution is 5.20. The van der Waals surface area contributed by atoms with E-state index in [0.717, 1.165) is 51.0 Å². The van der Waals surface area contributed by atoms with E-state index in [2.05, 4.69) is 18.7 Å². The molecule has 0 aliphatic carbocycles. The number of nitrogens with zero attached hydrogens (tertiary/aromatic N) is 2. The van der Waals surface area contributed by atoms with Crippen LogP contribution in [0.2, 0.25) is 0 Å². The Balaban J connectivity index is 2.89. The van der Waals surface area contributed by atoms with Gasteiger partial charge >= 0.3 is 0 Å². The molecule has 0 aliphatic rings. The first-order valence-corrected chi connectivity index (χ1v) is 8.26. The molecule has 0 spiro atoms. The molecule has 0 amide bonds. The van der Waals surface area contributed by atoms with Crippen molar-refractivity contribution in [1.82, 2.24) is 9.47 Å². The van der Waals surface area contributed by atoms with Gasteiger partial charge in [0, 0.05) is 32.0 Å². The lowest BCUT2D eigenvalue weighted by molar-refractivity contribution is 0.183. The average molecular weight is 310 g/mol. The summed E-state index contributed by atoms with van der Waals surface area (Å²) in [7, 11) is 1.65. The highest BCUT2D eigenvalue weighted by atomic mass is 16.5. The maximum atomic E-state index is 11.8. The van der Waals surface area contributed by atoms with Gasteiger partial charge < -0.3 is 14.4 Å². The van der Waals surface area contributed by atoms with Crippen molar-refractivity contribution in [1.29, 1.82) is 0 Å². The summed E-state index contributed by atoms with van der Waals surface area (Å²) in [4.78, 5) is 14.2. The Kier molecular flexibility index (Phi) is 8.85. The zero-order valence-corrected chi connectivity index (χ0v) is 14.2. The monoisotopic (exact) mass is 310 g/mol. The summed E-state index contributed by atoms with van der Waals surface area (Å²) in [6.45, 7) is 8.37. The fraction of sp³-hybridized carbons (Fsp3) is 0.706. The molecule has 0 atom stereocenters. The normalized spacial score (nSPS) is 11.3. The van der Waals surface area contributed by atoms with Gasteiger partial charge in [0.25, 0.3) is 0 Å². The van der Waals surface area contributed by atoms with Crippen LogP contribution >= 0.6 is 0 Å². The number of aromatic nitrogens is 1. The molecule has 1 rings (SSSR count). The Hall–Kier alpha value is -1.33. The molecule has 0 bridgehead atoms. The lowest BCUT2D eigenvalue weighted by atomic mass is 10.2. The Morgan fingerprint density at radius 1 is 1.23 bits per heavy atom. The summed E-state index contributed by atoms with van der Waals surface area (Å²) in [5.41, 5.74) is 0.627. The number of hydrogen-bond donors (Lipinski definition) is 1. The van der Waals surface area contributed by atoms with E-state index in [1.54, 1.807) is 13.2 Å². The first-order valence-electron chi connectivity index (χ1n) is 8.26. The predicted molar refractivity (Wildman–Crippen MR) is 89.3 cm³/mol. The first kappa shape index (κ1) is 18.7. The van der Waals surface area contributed by atoms with E-state index < -0.39 is 0 Å². The molecule has 22 heavy (non-hydrogen) atoms. The van der Waals surface area contributed by atoms with Crippen LogP contribution in [-0.4, -0.2) is 41.4 Å². The van der Waals surface area contributed by atoms with E-state index in [1.165, 1.54) is 6.20 Å². The standard InChI is InChI=1S/C17H30N2O3/c1-4-6-8-18(9-7-5-2)13-15-12-16(20)17(21)14-19(15)10-11-22-3/h12,14,21H,4-11,13H2,1-3H3. The molecule has 126 valence electrons. The fourth-order valence-corrected chi connectivity index (χ4v) is 2.40. The van der Waals surface area contributed by atoms with E-state index in [4.69, 9.17) is 4.74 Å². The molecule has 0 aromatic carbocycles. The second-order valence-electron chi connectivity index (χ2n) is 5.68. The van der Waals surface area contributed by atoms with Gasteiger partial charge in [0.15, 0.2) is 5.75 Å². The Labute approximate surface area is 133 Å². The third kappa shape index (κ3) is 6.20. The summed E-state index contributed by atoms with van der Waals surface area (Å²) in [6.07, 6.45) is 6.16. The van der Waals surface area contributed by atoms with Crippen LogP contribution in [0.25, 0.3) is 0 Å². The van der Waals surface area contributed by atoms with Gasteiger partial charge in [-0.25, -0.2) is 0 Å². The Bertz CT molecular complexity index is 477. The second-order valence-corrected chi connectivity index (χ2v) is 5.68. The summed E-state index contributed by atoms with van der Waals surface area (Å²) in [5.74, 6) is -0.200. The third-order valence-corrected chi connectivity index (χ3v) is 3.77. The van der Waals surface area contributed by atoms with Gasteiger partial charge in [-0.1, -0.05) is 26.7 Å². The summed E-state index contributed by atoms with van der Waals surface area (Å²) < 4.78 is 7.03. The van der Waals surface area contributed by atoms with Crippen LogP contribution in [0.15, 0.2) is 17.1 Å². The molecular weight excluding hydrogens is 280 g/mol. The van der Waals surface area contributed by atoms with Crippen molar-refractivity contribution in [3.05, 3.63) is 28.2 Å². The van der Waals surface area contributed by atoms with Crippen LogP contribution < -0.4 is 5.43 Å². The number of unbranched alkanes of at least 4 members (excludes halogenated alkanes) is 2. The third-order valence-electron chi connectivity index (χ3n) is 3.77. The molecule has 1 N–H and O–H groups in total. The zero-order valence-electron chi connectivity index (χ0n) is 14.2. The number of rotatable bonds is 11. The van der Waals surface area contributed by atoms with Gasteiger partial charge in [-0.15, -0.1) is 0 Å². The smallest absolute Gasteiger partial charge is 0.223 e. The SMILES string of the molecule is CCCCN(CCCC)Cc1cc(=O)c(O)cn1CCOC. The lowest BCUT2D eigenvalue weighted by Crippen LogP contribution is -2.28. The molecule has 0 radical (unpaired) electrons. The largest absolute Gasteiger partial charge is 0.503 e. The molecule has 5 heteroatoms. The Morgan fingerprint density at radius 2 is 1.86 bits per heavy atom. The van der Waals surface area contributed by atoms with E-state index in [-0.39, 0.29) is 11.2 Å². The molecule has 0 saturated carbocycles. The summed E-state index contributed by atoms with van der Waals surface area (Å²) >= 11 is 0. The highest BCUT2D eigenvalue weighted by Gasteiger charge is 2.11. The van der Waals surface area contributed by atoms with Crippen molar-refractivity contribution < 1.29 is 9.84 Å². The van der Waals surface area contributed by atoms with E-state index >= 15 is 0 Å². The first-order chi connectivity index (χ1) is 10.6. The van der Waals surface area contributed by atoms with E-state index in [1.807, 2.05) is 4.57 Å². The van der Waals surface area contributed by atoms with Crippen LogP contribution in [0.5, 0.6) is 5.75 Å². The molecule has 0 saturated heterocycles. The van der Waals surface area contributed by atoms with Crippen LogP contribution in [-0.2, 0) is 17.8 Å². The van der Waals surface area contributed by atoms with Crippen LogP contribution in [0.1, 0.15) is 45.2 Å². The van der Waals surface area contributed by atoms with Gasteiger partial charge in [0.2, 0.25) is 5.43 Å². The minimum Gasteiger partial charge on any atom is -0.503 e. The number of methoxy groups -OCH3 is 1. The fourth-order valence-electron chi connectivity index (χ4n) is 2.40. The van der Waals surface area contributed by atoms with E-state index in [0.29, 0.717) is 13.2 Å². The van der Waals surface area contributed by atoms with Gasteiger partial charge in [-0.2, -0.15) is 0 Å². The minimum absolute atomic E-state index is 0.200. The second kappa shape index (κ2) is 10.4. The van der Waals surface area contributed by atoms with Crippen molar-refractivity contribution in [3.63, 3.8) is 0 Å². The van der Waals surface area contributed by atoms with Gasteiger partial charge in [-0.3, -0.25) is 9.69 Å². The summed E-state index contributed by atoms with van der Waals surface area (Å²) in [6, 6.07) is 1.55. The van der Waals surface area contributed by atoms with Crippen molar-refractivity contribution in [2.45, 2.75) is 52.6 Å². The van der Waals surface area contributed by atoms with Crippen molar-refractivity contribution in [2.75, 3.05) is 26.8 Å². The van der Waals surface area contributed by atoms with Crippen LogP contribution in [0, 0.1) is 0 Å². The Morgan fingerprint density at radius 3 is 2.41 bits per heavy atom. The zero-order chi connectivity index (χ0) is 16.4. The number of pyridine rings is 1. The lowest BCUT2D eigenvalue weighted by Gasteiger charge is -2.24. The maximum Gasteiger partial charge on any atom is 0.223 e. The quantitative estimate of drug-likeness (QED) is 0.682. The van der Waals surface area contributed by atoms with E-state index in [9.17, 15) is 9.90 Å². The molecule has 0 unspecified atom stereocenters. The van der Waals surface area contributed by atoms with Gasteiger partial charge in [0.05, 0.1) is 12.8 Å². The maximum absolute atomic E-state index is 11.8. The molecular formula is C17H30N2O3. The summed E-state index contributed by atoms with van der Waals surface area (Å²) in [5, 5.41) is 9.65. The molecule has 1 aromatic heterocycles. The number of aromatic hydroxyl groups is 1. The average Bonchev–Trinajstić information content (AvgIpc) is 2.51. The van der Waals surface area contributed by atoms with Crippen molar-refractivity contribution in [2.24, 2.45) is 0 Å².